The van der Waals surface area contributed by atoms with Crippen LogP contribution in [0.4, 0.5) is 4.79 Å². The summed E-state index contributed by atoms with van der Waals surface area (Å²) < 4.78 is 0. The standard InChI is InChI=1S/C20H22N4O3/c1-11-7-12(2)9-14(8-11)18-15(5-6-22-20(25)26)16-10-13(19(21)24-27)3-4-17(16)23-18/h3-4,7-10,22-23,27H,5-6H2,1-2H3,(H2,21,24)(H,25,26). The summed E-state index contributed by atoms with van der Waals surface area (Å²) in [6.45, 7) is 4.37. The van der Waals surface area contributed by atoms with Crippen molar-refractivity contribution in [1.29, 1.82) is 0 Å². The zero-order chi connectivity index (χ0) is 19.6. The summed E-state index contributed by atoms with van der Waals surface area (Å²) in [7, 11) is 0. The number of hydrogen-bond donors (Lipinski definition) is 5. The summed E-state index contributed by atoms with van der Waals surface area (Å²) in [5.74, 6) is 0.0284. The second-order valence-corrected chi connectivity index (χ2v) is 6.58. The molecule has 0 saturated heterocycles. The number of benzene rings is 2. The quantitative estimate of drug-likeness (QED) is 0.205. The Kier molecular flexibility index (Phi) is 5.03. The lowest BCUT2D eigenvalue weighted by molar-refractivity contribution is 0.194. The molecule has 3 aromatic rings. The van der Waals surface area contributed by atoms with Crippen molar-refractivity contribution >= 4 is 22.8 Å². The molecule has 0 aliphatic carbocycles. The Hall–Kier alpha value is -3.48. The molecular formula is C20H22N4O3. The van der Waals surface area contributed by atoms with Gasteiger partial charge in [0.05, 0.1) is 0 Å². The topological polar surface area (TPSA) is 124 Å². The number of aryl methyl sites for hydroxylation is 2. The van der Waals surface area contributed by atoms with Gasteiger partial charge in [-0.1, -0.05) is 22.3 Å². The van der Waals surface area contributed by atoms with E-state index >= 15 is 0 Å². The molecule has 1 aromatic heterocycles. The van der Waals surface area contributed by atoms with Crippen LogP contribution < -0.4 is 11.1 Å². The van der Waals surface area contributed by atoms with E-state index in [0.717, 1.165) is 38.9 Å². The number of rotatable bonds is 5. The third-order valence-electron chi connectivity index (χ3n) is 4.47. The van der Waals surface area contributed by atoms with E-state index in [4.69, 9.17) is 16.0 Å². The smallest absolute Gasteiger partial charge is 0.404 e. The molecule has 0 unspecified atom stereocenters. The highest BCUT2D eigenvalue weighted by molar-refractivity contribution is 6.02. The molecule has 0 aliphatic rings. The van der Waals surface area contributed by atoms with Crippen molar-refractivity contribution in [1.82, 2.24) is 10.3 Å². The molecule has 0 radical (unpaired) electrons. The molecule has 0 bridgehead atoms. The number of carboxylic acid groups (broad SMARTS) is 1. The number of H-pyrrole nitrogens is 1. The van der Waals surface area contributed by atoms with Gasteiger partial charge in [0.25, 0.3) is 0 Å². The number of oxime groups is 1. The first-order valence-electron chi connectivity index (χ1n) is 8.57. The van der Waals surface area contributed by atoms with E-state index in [1.807, 2.05) is 26.0 Å². The van der Waals surface area contributed by atoms with Crippen LogP contribution in [0.2, 0.25) is 0 Å². The van der Waals surface area contributed by atoms with Crippen molar-refractivity contribution < 1.29 is 15.1 Å². The highest BCUT2D eigenvalue weighted by Gasteiger charge is 2.15. The first-order chi connectivity index (χ1) is 12.9. The summed E-state index contributed by atoms with van der Waals surface area (Å²) in [4.78, 5) is 14.3. The van der Waals surface area contributed by atoms with Gasteiger partial charge in [0, 0.05) is 28.7 Å². The minimum atomic E-state index is -1.06. The molecule has 140 valence electrons. The largest absolute Gasteiger partial charge is 0.465 e. The number of aromatic nitrogens is 1. The van der Waals surface area contributed by atoms with E-state index < -0.39 is 6.09 Å². The number of nitrogens with two attached hydrogens (primary N) is 1. The Morgan fingerprint density at radius 1 is 1.19 bits per heavy atom. The van der Waals surface area contributed by atoms with Crippen molar-refractivity contribution in [2.75, 3.05) is 6.54 Å². The molecule has 2 aromatic carbocycles. The van der Waals surface area contributed by atoms with Crippen LogP contribution in [0.25, 0.3) is 22.2 Å². The lowest BCUT2D eigenvalue weighted by Gasteiger charge is -2.08. The highest BCUT2D eigenvalue weighted by Crippen LogP contribution is 2.32. The number of amides is 1. The Morgan fingerprint density at radius 3 is 2.52 bits per heavy atom. The van der Waals surface area contributed by atoms with Gasteiger partial charge in [-0.2, -0.15) is 0 Å². The van der Waals surface area contributed by atoms with E-state index in [0.29, 0.717) is 12.0 Å². The van der Waals surface area contributed by atoms with Crippen molar-refractivity contribution in [3.8, 4) is 11.3 Å². The Morgan fingerprint density at radius 2 is 1.89 bits per heavy atom. The average molecular weight is 366 g/mol. The fourth-order valence-electron chi connectivity index (χ4n) is 3.38. The number of nitrogens with one attached hydrogen (secondary N) is 2. The minimum absolute atomic E-state index is 0.0284. The fourth-order valence-corrected chi connectivity index (χ4v) is 3.38. The van der Waals surface area contributed by atoms with Crippen LogP contribution in [-0.4, -0.2) is 33.8 Å². The molecule has 0 saturated carbocycles. The summed E-state index contributed by atoms with van der Waals surface area (Å²) in [5.41, 5.74) is 12.5. The van der Waals surface area contributed by atoms with Crippen LogP contribution in [0.15, 0.2) is 41.6 Å². The molecular weight excluding hydrogens is 344 g/mol. The van der Waals surface area contributed by atoms with Crippen LogP contribution >= 0.6 is 0 Å². The Bertz CT molecular complexity index is 1020. The van der Waals surface area contributed by atoms with Gasteiger partial charge in [-0.25, -0.2) is 4.79 Å². The zero-order valence-corrected chi connectivity index (χ0v) is 15.2. The van der Waals surface area contributed by atoms with Crippen molar-refractivity contribution in [3.05, 3.63) is 58.7 Å². The Labute approximate surface area is 156 Å². The van der Waals surface area contributed by atoms with Crippen LogP contribution in [0, 0.1) is 13.8 Å². The monoisotopic (exact) mass is 366 g/mol. The molecule has 1 amide bonds. The fraction of sp³-hybridized carbons (Fsp3) is 0.200. The van der Waals surface area contributed by atoms with Gasteiger partial charge in [0.1, 0.15) is 0 Å². The van der Waals surface area contributed by atoms with Gasteiger partial charge in [0.2, 0.25) is 0 Å². The summed E-state index contributed by atoms with van der Waals surface area (Å²) in [6.07, 6.45) is -0.547. The molecule has 7 nitrogen and oxygen atoms in total. The molecule has 6 N–H and O–H groups in total. The predicted octanol–water partition coefficient (Wildman–Crippen LogP) is 3.36. The van der Waals surface area contributed by atoms with Gasteiger partial charge in [-0.05, 0) is 61.7 Å². The maximum absolute atomic E-state index is 10.8. The number of hydrogen-bond acceptors (Lipinski definition) is 3. The number of carbonyl (C=O) groups is 1. The molecule has 3 rings (SSSR count). The van der Waals surface area contributed by atoms with Crippen molar-refractivity contribution in [2.24, 2.45) is 10.9 Å². The van der Waals surface area contributed by atoms with Crippen molar-refractivity contribution in [3.63, 3.8) is 0 Å². The zero-order valence-electron chi connectivity index (χ0n) is 15.2. The van der Waals surface area contributed by atoms with Crippen LogP contribution in [-0.2, 0) is 6.42 Å². The van der Waals surface area contributed by atoms with E-state index in [9.17, 15) is 4.79 Å². The maximum Gasteiger partial charge on any atom is 0.404 e. The van der Waals surface area contributed by atoms with E-state index in [1.165, 1.54) is 0 Å². The number of amidine groups is 1. The summed E-state index contributed by atoms with van der Waals surface area (Å²) >= 11 is 0. The molecule has 0 spiro atoms. The predicted molar refractivity (Wildman–Crippen MR) is 105 cm³/mol. The Balaban J connectivity index is 2.17. The normalized spacial score (nSPS) is 11.7. The summed E-state index contributed by atoms with van der Waals surface area (Å²) in [5, 5.41) is 24.2. The molecule has 0 aliphatic heterocycles. The molecule has 7 heteroatoms. The second kappa shape index (κ2) is 7.41. The van der Waals surface area contributed by atoms with Crippen molar-refractivity contribution in [2.45, 2.75) is 20.3 Å². The van der Waals surface area contributed by atoms with Gasteiger partial charge in [0.15, 0.2) is 5.84 Å². The average Bonchev–Trinajstić information content (AvgIpc) is 2.98. The maximum atomic E-state index is 10.8. The third kappa shape index (κ3) is 3.87. The molecule has 1 heterocycles. The third-order valence-corrected chi connectivity index (χ3v) is 4.47. The SMILES string of the molecule is Cc1cc(C)cc(-c2[nH]c3ccc(/C(N)=N\O)cc3c2CCNC(=O)O)c1. The number of aromatic amines is 1. The van der Waals surface area contributed by atoms with E-state index in [-0.39, 0.29) is 12.4 Å². The van der Waals surface area contributed by atoms with E-state index in [1.54, 1.807) is 6.07 Å². The lowest BCUT2D eigenvalue weighted by atomic mass is 9.99. The minimum Gasteiger partial charge on any atom is -0.465 e. The highest BCUT2D eigenvalue weighted by atomic mass is 16.4. The molecule has 27 heavy (non-hydrogen) atoms. The number of fused-ring (bicyclic) bond motifs is 1. The first-order valence-corrected chi connectivity index (χ1v) is 8.57. The van der Waals surface area contributed by atoms with E-state index in [2.05, 4.69) is 33.7 Å². The van der Waals surface area contributed by atoms with Crippen LogP contribution in [0.1, 0.15) is 22.3 Å². The lowest BCUT2D eigenvalue weighted by Crippen LogP contribution is -2.23. The number of nitrogens with zero attached hydrogens (tertiary/aromatic N) is 1. The van der Waals surface area contributed by atoms with Gasteiger partial charge in [-0.3, -0.25) is 0 Å². The summed E-state index contributed by atoms with van der Waals surface area (Å²) in [6, 6.07) is 11.8. The van der Waals surface area contributed by atoms with Gasteiger partial charge >= 0.3 is 6.09 Å². The molecule has 0 fully saturated rings. The second-order valence-electron chi connectivity index (χ2n) is 6.58. The van der Waals surface area contributed by atoms with Gasteiger partial charge in [-0.15, -0.1) is 0 Å². The van der Waals surface area contributed by atoms with Crippen LogP contribution in [0.5, 0.6) is 0 Å². The van der Waals surface area contributed by atoms with Crippen LogP contribution in [0.3, 0.4) is 0 Å². The first kappa shape index (κ1) is 18.3. The van der Waals surface area contributed by atoms with Gasteiger partial charge < -0.3 is 26.3 Å². The molecule has 0 atom stereocenters.